The van der Waals surface area contributed by atoms with Crippen molar-refractivity contribution in [3.63, 3.8) is 0 Å². The summed E-state index contributed by atoms with van der Waals surface area (Å²) in [6, 6.07) is 16.0. The summed E-state index contributed by atoms with van der Waals surface area (Å²) >= 11 is 0. The molecule has 1 aliphatic rings. The summed E-state index contributed by atoms with van der Waals surface area (Å²) in [4.78, 5) is 19.2. The van der Waals surface area contributed by atoms with Crippen LogP contribution in [-0.2, 0) is 6.54 Å². The van der Waals surface area contributed by atoms with Gasteiger partial charge >= 0.3 is 6.03 Å². The Bertz CT molecular complexity index is 1350. The molecule has 2 amide bonds. The van der Waals surface area contributed by atoms with Crippen molar-refractivity contribution in [2.45, 2.75) is 26.4 Å². The second-order valence-electron chi connectivity index (χ2n) is 7.98. The summed E-state index contributed by atoms with van der Waals surface area (Å²) in [7, 11) is 0. The highest BCUT2D eigenvalue weighted by Crippen LogP contribution is 2.38. The number of aromatic nitrogens is 2. The van der Waals surface area contributed by atoms with Gasteiger partial charge in [0.15, 0.2) is 0 Å². The molecular weight excluding hydrogens is 451 g/mol. The minimum atomic E-state index is -0.607. The fourth-order valence-electron chi connectivity index (χ4n) is 4.03. The Morgan fingerprint density at radius 3 is 2.57 bits per heavy atom. The Morgan fingerprint density at radius 1 is 1.11 bits per heavy atom. The molecule has 0 bridgehead atoms. The number of nitrogens with zero attached hydrogens (tertiary/aromatic N) is 3. The molecule has 1 aliphatic heterocycles. The van der Waals surface area contributed by atoms with Gasteiger partial charge in [-0.2, -0.15) is 4.98 Å². The average molecular weight is 474 g/mol. The SMILES string of the molecule is CCOc1ccc(-c2noc(C3=C(C)N(Cc4ccco4)C(=O)NC3c3ccc(F)cc3)n2)cc1. The fraction of sp³-hybridized carbons (Fsp3) is 0.192. The van der Waals surface area contributed by atoms with Crippen LogP contribution in [0.5, 0.6) is 5.75 Å². The first kappa shape index (κ1) is 22.4. The summed E-state index contributed by atoms with van der Waals surface area (Å²) in [6.07, 6.45) is 1.56. The van der Waals surface area contributed by atoms with E-state index in [2.05, 4.69) is 15.5 Å². The number of hydrogen-bond acceptors (Lipinski definition) is 6. The van der Waals surface area contributed by atoms with Gasteiger partial charge in [-0.1, -0.05) is 17.3 Å². The Hall–Kier alpha value is -4.40. The monoisotopic (exact) mass is 474 g/mol. The van der Waals surface area contributed by atoms with Crippen LogP contribution in [-0.4, -0.2) is 27.7 Å². The lowest BCUT2D eigenvalue weighted by molar-refractivity contribution is 0.199. The third kappa shape index (κ3) is 4.52. The molecule has 1 unspecified atom stereocenters. The molecule has 0 radical (unpaired) electrons. The molecule has 8 nitrogen and oxygen atoms in total. The van der Waals surface area contributed by atoms with E-state index in [1.807, 2.05) is 38.1 Å². The van der Waals surface area contributed by atoms with Gasteiger partial charge in [-0.15, -0.1) is 0 Å². The summed E-state index contributed by atoms with van der Waals surface area (Å²) in [6.45, 7) is 4.54. The largest absolute Gasteiger partial charge is 0.494 e. The van der Waals surface area contributed by atoms with Gasteiger partial charge in [0.05, 0.1) is 31.0 Å². The maximum absolute atomic E-state index is 13.6. The zero-order chi connectivity index (χ0) is 24.4. The lowest BCUT2D eigenvalue weighted by Gasteiger charge is -2.34. The Labute approximate surface area is 201 Å². The number of benzene rings is 2. The highest BCUT2D eigenvalue weighted by molar-refractivity contribution is 5.86. The second-order valence-corrected chi connectivity index (χ2v) is 7.98. The van der Waals surface area contributed by atoms with Crippen molar-refractivity contribution in [3.05, 3.63) is 95.7 Å². The standard InChI is InChI=1S/C26H23FN4O4/c1-3-33-20-12-8-18(9-13-20)24-29-25(35-30-24)22-16(2)31(15-21-5-4-14-34-21)26(32)28-23(22)17-6-10-19(27)11-7-17/h4-14,23H,3,15H2,1-2H3,(H,28,32). The predicted octanol–water partition coefficient (Wildman–Crippen LogP) is 5.57. The molecule has 178 valence electrons. The highest BCUT2D eigenvalue weighted by Gasteiger charge is 2.36. The van der Waals surface area contributed by atoms with Crippen LogP contribution in [0.4, 0.5) is 9.18 Å². The van der Waals surface area contributed by atoms with Crippen molar-refractivity contribution in [3.8, 4) is 17.1 Å². The van der Waals surface area contributed by atoms with Gasteiger partial charge in [0.1, 0.15) is 17.3 Å². The van der Waals surface area contributed by atoms with Crippen LogP contribution in [0.2, 0.25) is 0 Å². The van der Waals surface area contributed by atoms with E-state index in [1.54, 1.807) is 35.4 Å². The highest BCUT2D eigenvalue weighted by atomic mass is 19.1. The fourth-order valence-corrected chi connectivity index (χ4v) is 4.03. The van der Waals surface area contributed by atoms with Crippen LogP contribution in [0.3, 0.4) is 0 Å². The number of ether oxygens (including phenoxy) is 1. The molecular formula is C26H23FN4O4. The third-order valence-electron chi connectivity index (χ3n) is 5.77. The molecule has 3 heterocycles. The number of amides is 2. The molecule has 0 saturated heterocycles. The Balaban J connectivity index is 1.55. The van der Waals surface area contributed by atoms with Gasteiger partial charge in [0.25, 0.3) is 5.89 Å². The first-order valence-electron chi connectivity index (χ1n) is 11.2. The smallest absolute Gasteiger partial charge is 0.322 e. The summed E-state index contributed by atoms with van der Waals surface area (Å²) < 4.78 is 30.2. The predicted molar refractivity (Wildman–Crippen MR) is 125 cm³/mol. The molecule has 0 fully saturated rings. The zero-order valence-corrected chi connectivity index (χ0v) is 19.2. The van der Waals surface area contributed by atoms with Crippen LogP contribution < -0.4 is 10.1 Å². The minimum Gasteiger partial charge on any atom is -0.494 e. The molecule has 0 aliphatic carbocycles. The number of carbonyl (C=O) groups is 1. The van der Waals surface area contributed by atoms with Gasteiger partial charge in [-0.05, 0) is 67.9 Å². The van der Waals surface area contributed by atoms with Gasteiger partial charge in [-0.3, -0.25) is 4.90 Å². The molecule has 2 aromatic heterocycles. The summed E-state index contributed by atoms with van der Waals surface area (Å²) in [5, 5.41) is 7.15. The molecule has 35 heavy (non-hydrogen) atoms. The maximum atomic E-state index is 13.6. The third-order valence-corrected chi connectivity index (χ3v) is 5.77. The van der Waals surface area contributed by atoms with E-state index >= 15 is 0 Å². The van der Waals surface area contributed by atoms with Gasteiger partial charge in [-0.25, -0.2) is 9.18 Å². The Kier molecular flexibility index (Phi) is 6.05. The Morgan fingerprint density at radius 2 is 1.89 bits per heavy atom. The summed E-state index contributed by atoms with van der Waals surface area (Å²) in [5.74, 6) is 1.66. The maximum Gasteiger partial charge on any atom is 0.322 e. The first-order chi connectivity index (χ1) is 17.0. The number of allylic oxidation sites excluding steroid dienone is 1. The lowest BCUT2D eigenvalue weighted by Crippen LogP contribution is -2.45. The normalized spacial score (nSPS) is 15.9. The number of nitrogens with one attached hydrogen (secondary N) is 1. The van der Waals surface area contributed by atoms with Crippen molar-refractivity contribution >= 4 is 11.6 Å². The van der Waals surface area contributed by atoms with Crippen LogP contribution >= 0.6 is 0 Å². The molecule has 4 aromatic rings. The number of furan rings is 1. The van der Waals surface area contributed by atoms with E-state index in [9.17, 15) is 9.18 Å². The van der Waals surface area contributed by atoms with Crippen LogP contribution in [0, 0.1) is 5.82 Å². The number of urea groups is 1. The second kappa shape index (κ2) is 9.46. The van der Waals surface area contributed by atoms with E-state index in [0.29, 0.717) is 35.0 Å². The van der Waals surface area contributed by atoms with E-state index < -0.39 is 6.04 Å². The van der Waals surface area contributed by atoms with Gasteiger partial charge in [0, 0.05) is 11.3 Å². The van der Waals surface area contributed by atoms with Crippen LogP contribution in [0.25, 0.3) is 17.0 Å². The van der Waals surface area contributed by atoms with Crippen molar-refractivity contribution in [2.75, 3.05) is 6.61 Å². The van der Waals surface area contributed by atoms with Crippen molar-refractivity contribution in [2.24, 2.45) is 0 Å². The van der Waals surface area contributed by atoms with Crippen LogP contribution in [0.1, 0.15) is 37.1 Å². The van der Waals surface area contributed by atoms with Gasteiger partial charge < -0.3 is 19.0 Å². The number of halogens is 1. The van der Waals surface area contributed by atoms with Crippen molar-refractivity contribution in [1.29, 1.82) is 0 Å². The van der Waals surface area contributed by atoms with E-state index in [0.717, 1.165) is 11.3 Å². The molecule has 2 aromatic carbocycles. The number of rotatable bonds is 7. The molecule has 1 atom stereocenters. The topological polar surface area (TPSA) is 93.6 Å². The molecule has 0 saturated carbocycles. The molecule has 9 heteroatoms. The molecule has 0 spiro atoms. The van der Waals surface area contributed by atoms with Crippen molar-refractivity contribution in [1.82, 2.24) is 20.4 Å². The number of carbonyl (C=O) groups excluding carboxylic acids is 1. The quantitative estimate of drug-likeness (QED) is 0.377. The van der Waals surface area contributed by atoms with Gasteiger partial charge in [0.2, 0.25) is 5.82 Å². The minimum absolute atomic E-state index is 0.226. The molecule has 5 rings (SSSR count). The zero-order valence-electron chi connectivity index (χ0n) is 19.2. The van der Waals surface area contributed by atoms with E-state index in [1.165, 1.54) is 12.1 Å². The first-order valence-corrected chi connectivity index (χ1v) is 11.2. The average Bonchev–Trinajstić information content (AvgIpc) is 3.55. The van der Waals surface area contributed by atoms with E-state index in [4.69, 9.17) is 13.7 Å². The summed E-state index contributed by atoms with van der Waals surface area (Å²) in [5.41, 5.74) is 2.69. The lowest BCUT2D eigenvalue weighted by atomic mass is 9.94. The van der Waals surface area contributed by atoms with E-state index in [-0.39, 0.29) is 24.3 Å². The van der Waals surface area contributed by atoms with Crippen LogP contribution in [0.15, 0.2) is 81.6 Å². The molecule has 1 N–H and O–H groups in total. The number of hydrogen-bond donors (Lipinski definition) is 1. The van der Waals surface area contributed by atoms with Crippen molar-refractivity contribution < 1.29 is 22.9 Å².